The minimum absolute atomic E-state index is 0.0201. The lowest BCUT2D eigenvalue weighted by molar-refractivity contribution is -0.0240. The Kier molecular flexibility index (Phi) is 7.53. The van der Waals surface area contributed by atoms with E-state index in [-0.39, 0.29) is 18.7 Å². The van der Waals surface area contributed by atoms with E-state index in [2.05, 4.69) is 21.9 Å². The molecular weight excluding hydrogens is 410 g/mol. The van der Waals surface area contributed by atoms with Crippen molar-refractivity contribution in [2.45, 2.75) is 38.5 Å². The molecule has 5 nitrogen and oxygen atoms in total. The van der Waals surface area contributed by atoms with Gasteiger partial charge in [0.25, 0.3) is 0 Å². The van der Waals surface area contributed by atoms with Crippen molar-refractivity contribution < 1.29 is 13.9 Å². The molecule has 0 bridgehead atoms. The summed E-state index contributed by atoms with van der Waals surface area (Å²) in [6.07, 6.45) is 4.69. The molecule has 2 aromatic carbocycles. The lowest BCUT2D eigenvalue weighted by Gasteiger charge is -2.35. The molecule has 0 fully saturated rings. The van der Waals surface area contributed by atoms with Gasteiger partial charge in [-0.1, -0.05) is 43.1 Å². The first-order valence-electron chi connectivity index (χ1n) is 9.87. The highest BCUT2D eigenvalue weighted by molar-refractivity contribution is 6.30. The number of hydrogen-bond acceptors (Lipinski definition) is 4. The predicted octanol–water partition coefficient (Wildman–Crippen LogP) is 4.40. The highest BCUT2D eigenvalue weighted by atomic mass is 35.5. The summed E-state index contributed by atoms with van der Waals surface area (Å²) in [6.45, 7) is 3.42. The smallest absolute Gasteiger partial charge is 0.137 e. The maximum Gasteiger partial charge on any atom is 0.137 e. The van der Waals surface area contributed by atoms with Crippen molar-refractivity contribution in [3.05, 3.63) is 82.9 Å². The summed E-state index contributed by atoms with van der Waals surface area (Å²) in [4.78, 5) is 5.95. The van der Waals surface area contributed by atoms with Crippen LogP contribution in [0.3, 0.4) is 0 Å². The van der Waals surface area contributed by atoms with Crippen LogP contribution in [-0.2, 0) is 18.7 Å². The Labute approximate surface area is 179 Å². The van der Waals surface area contributed by atoms with E-state index in [9.17, 15) is 13.9 Å². The Morgan fingerprint density at radius 1 is 1.20 bits per heavy atom. The first-order chi connectivity index (χ1) is 14.4. The second-order valence-electron chi connectivity index (χ2n) is 7.44. The average molecular weight is 435 g/mol. The van der Waals surface area contributed by atoms with Gasteiger partial charge >= 0.3 is 0 Å². The van der Waals surface area contributed by atoms with E-state index in [1.165, 1.54) is 23.4 Å². The molecule has 0 saturated heterocycles. The third-order valence-electron chi connectivity index (χ3n) is 4.93. The van der Waals surface area contributed by atoms with Crippen LogP contribution in [-0.4, -0.2) is 37.9 Å². The number of unbranched alkanes of at least 4 members (excludes halogenated alkanes) is 1. The van der Waals surface area contributed by atoms with Crippen molar-refractivity contribution in [2.75, 3.05) is 13.1 Å². The zero-order valence-electron chi connectivity index (χ0n) is 16.8. The summed E-state index contributed by atoms with van der Waals surface area (Å²) in [5.41, 5.74) is -0.633. The summed E-state index contributed by atoms with van der Waals surface area (Å²) in [5, 5.41) is 16.3. The highest BCUT2D eigenvalue weighted by Crippen LogP contribution is 2.29. The number of aliphatic hydroxyl groups is 1. The molecule has 1 heterocycles. The minimum Gasteiger partial charge on any atom is -0.382 e. The normalized spacial score (nSPS) is 13.5. The first kappa shape index (κ1) is 22.3. The van der Waals surface area contributed by atoms with Crippen LogP contribution >= 0.6 is 11.6 Å². The molecule has 1 atom stereocenters. The second-order valence-corrected chi connectivity index (χ2v) is 7.88. The SMILES string of the molecule is CCCCN(Cc1cccc(Cl)c1)CC(O)(Cn1cncn1)c1ccc(F)cc1F. The average Bonchev–Trinajstić information content (AvgIpc) is 3.18. The summed E-state index contributed by atoms with van der Waals surface area (Å²) in [6, 6.07) is 10.7. The number of halogens is 3. The van der Waals surface area contributed by atoms with Gasteiger partial charge in [0.1, 0.15) is 29.9 Å². The first-order valence-corrected chi connectivity index (χ1v) is 10.2. The molecule has 0 aliphatic carbocycles. The predicted molar refractivity (Wildman–Crippen MR) is 112 cm³/mol. The Morgan fingerprint density at radius 2 is 2.03 bits per heavy atom. The number of nitrogens with zero attached hydrogens (tertiary/aromatic N) is 4. The number of aromatic nitrogens is 3. The molecule has 1 N–H and O–H groups in total. The topological polar surface area (TPSA) is 54.2 Å². The monoisotopic (exact) mass is 434 g/mol. The molecule has 0 radical (unpaired) electrons. The Morgan fingerprint density at radius 3 is 2.70 bits per heavy atom. The molecular formula is C22H25ClF2N4O. The quantitative estimate of drug-likeness (QED) is 0.514. The Hall–Kier alpha value is -2.35. The molecule has 0 aliphatic rings. The molecule has 3 aromatic rings. The molecule has 0 spiro atoms. The Balaban J connectivity index is 1.93. The molecule has 30 heavy (non-hydrogen) atoms. The zero-order chi connectivity index (χ0) is 21.6. The summed E-state index contributed by atoms with van der Waals surface area (Å²) >= 11 is 6.12. The molecule has 8 heteroatoms. The number of benzene rings is 2. The zero-order valence-corrected chi connectivity index (χ0v) is 17.6. The lowest BCUT2D eigenvalue weighted by atomic mass is 9.92. The fourth-order valence-corrected chi connectivity index (χ4v) is 3.74. The van der Waals surface area contributed by atoms with Crippen LogP contribution in [0.2, 0.25) is 5.02 Å². The van der Waals surface area contributed by atoms with Gasteiger partial charge < -0.3 is 5.11 Å². The highest BCUT2D eigenvalue weighted by Gasteiger charge is 2.35. The molecule has 0 amide bonds. The largest absolute Gasteiger partial charge is 0.382 e. The van der Waals surface area contributed by atoms with E-state index >= 15 is 0 Å². The van der Waals surface area contributed by atoms with Crippen LogP contribution in [0.1, 0.15) is 30.9 Å². The van der Waals surface area contributed by atoms with Crippen LogP contribution in [0.5, 0.6) is 0 Å². The van der Waals surface area contributed by atoms with Crippen molar-refractivity contribution in [3.63, 3.8) is 0 Å². The van der Waals surface area contributed by atoms with E-state index in [4.69, 9.17) is 11.6 Å². The van der Waals surface area contributed by atoms with E-state index in [0.29, 0.717) is 18.1 Å². The van der Waals surface area contributed by atoms with Crippen molar-refractivity contribution in [3.8, 4) is 0 Å². The van der Waals surface area contributed by atoms with Crippen LogP contribution in [0, 0.1) is 11.6 Å². The van der Waals surface area contributed by atoms with Gasteiger partial charge in [-0.2, -0.15) is 5.10 Å². The van der Waals surface area contributed by atoms with Gasteiger partial charge in [0.15, 0.2) is 0 Å². The Bertz CT molecular complexity index is 954. The van der Waals surface area contributed by atoms with E-state index in [1.54, 1.807) is 6.07 Å². The van der Waals surface area contributed by atoms with Crippen LogP contribution in [0.15, 0.2) is 55.1 Å². The fraction of sp³-hybridized carbons (Fsp3) is 0.364. The molecule has 160 valence electrons. The third-order valence-corrected chi connectivity index (χ3v) is 5.17. The number of hydrogen-bond donors (Lipinski definition) is 1. The van der Waals surface area contributed by atoms with Gasteiger partial charge in [-0.25, -0.2) is 18.4 Å². The van der Waals surface area contributed by atoms with Crippen LogP contribution < -0.4 is 0 Å². The lowest BCUT2D eigenvalue weighted by Crippen LogP contribution is -2.44. The molecule has 0 aliphatic heterocycles. The molecule has 1 unspecified atom stereocenters. The fourth-order valence-electron chi connectivity index (χ4n) is 3.53. The molecule has 0 saturated carbocycles. The van der Waals surface area contributed by atoms with E-state index in [1.807, 2.05) is 18.2 Å². The maximum absolute atomic E-state index is 14.7. The molecule has 3 rings (SSSR count). The van der Waals surface area contributed by atoms with Gasteiger partial charge in [0.05, 0.1) is 6.54 Å². The van der Waals surface area contributed by atoms with Crippen molar-refractivity contribution in [1.82, 2.24) is 19.7 Å². The number of rotatable bonds is 10. The van der Waals surface area contributed by atoms with E-state index < -0.39 is 17.2 Å². The van der Waals surface area contributed by atoms with Gasteiger partial charge in [-0.15, -0.1) is 0 Å². The van der Waals surface area contributed by atoms with Gasteiger partial charge in [0, 0.05) is 29.7 Å². The standard InChI is InChI=1S/C22H25ClF2N4O/c1-2-3-9-28(12-17-5-4-6-18(23)10-17)13-22(30,14-29-16-26-15-27-29)20-8-7-19(24)11-21(20)25/h4-8,10-11,15-16,30H,2-3,9,12-14H2,1H3. The van der Waals surface area contributed by atoms with Gasteiger partial charge in [-0.3, -0.25) is 4.90 Å². The van der Waals surface area contributed by atoms with Crippen molar-refractivity contribution in [1.29, 1.82) is 0 Å². The van der Waals surface area contributed by atoms with Crippen molar-refractivity contribution >= 4 is 11.6 Å². The van der Waals surface area contributed by atoms with Crippen molar-refractivity contribution in [2.24, 2.45) is 0 Å². The van der Waals surface area contributed by atoms with Crippen LogP contribution in [0.25, 0.3) is 0 Å². The second kappa shape index (κ2) is 10.1. The summed E-state index contributed by atoms with van der Waals surface area (Å²) in [5.74, 6) is -1.49. The van der Waals surface area contributed by atoms with E-state index in [0.717, 1.165) is 30.5 Å². The maximum atomic E-state index is 14.7. The third kappa shape index (κ3) is 5.84. The molecule has 1 aromatic heterocycles. The summed E-state index contributed by atoms with van der Waals surface area (Å²) < 4.78 is 29.6. The van der Waals surface area contributed by atoms with Gasteiger partial charge in [0.2, 0.25) is 0 Å². The van der Waals surface area contributed by atoms with Crippen LogP contribution in [0.4, 0.5) is 8.78 Å². The van der Waals surface area contributed by atoms with Gasteiger partial charge in [-0.05, 0) is 36.7 Å². The summed E-state index contributed by atoms with van der Waals surface area (Å²) in [7, 11) is 0. The minimum atomic E-state index is -1.64.